The van der Waals surface area contributed by atoms with Crippen molar-refractivity contribution in [3.8, 4) is 17.2 Å². The van der Waals surface area contributed by atoms with Crippen molar-refractivity contribution in [2.45, 2.75) is 13.5 Å². The van der Waals surface area contributed by atoms with Crippen LogP contribution in [-0.2, 0) is 11.3 Å². The van der Waals surface area contributed by atoms with E-state index in [4.69, 9.17) is 31.5 Å². The molecule has 0 aliphatic rings. The van der Waals surface area contributed by atoms with E-state index in [1.165, 1.54) is 6.33 Å². The number of para-hydroxylation sites is 1. The lowest BCUT2D eigenvalue weighted by Gasteiger charge is -2.15. The number of hydrogen-bond donors (Lipinski definition) is 2. The van der Waals surface area contributed by atoms with Gasteiger partial charge in [0.25, 0.3) is 0 Å². The fourth-order valence-corrected chi connectivity index (χ4v) is 4.26. The standard InChI is InChI=1S/C29H26ClN5O4.2ClH/c1-2-37-29(36)21-9-3-4-11-24(21)38-16-15-35-14-13-23-27(35)28(33-18-32-23)34-22-10-6-12-25(26(22)30)39-20-8-5-7-19(31)17-20;;/h3-14,17-18H,2,15-16,31H2,1H3,(H,32,33,34);2*1H. The highest BCUT2D eigenvalue weighted by Crippen LogP contribution is 2.37. The summed E-state index contributed by atoms with van der Waals surface area (Å²) >= 11 is 6.70. The van der Waals surface area contributed by atoms with Crippen LogP contribution >= 0.6 is 36.4 Å². The highest BCUT2D eigenvalue weighted by Gasteiger charge is 2.15. The van der Waals surface area contributed by atoms with Crippen molar-refractivity contribution < 1.29 is 19.0 Å². The lowest BCUT2D eigenvalue weighted by Crippen LogP contribution is -2.12. The Kier molecular flexibility index (Phi) is 11.0. The normalized spacial score (nSPS) is 10.3. The molecule has 0 bridgehead atoms. The summed E-state index contributed by atoms with van der Waals surface area (Å²) in [7, 11) is 0. The molecule has 5 aromatic rings. The predicted octanol–water partition coefficient (Wildman–Crippen LogP) is 7.30. The molecule has 3 aromatic carbocycles. The highest BCUT2D eigenvalue weighted by atomic mass is 35.5. The van der Waals surface area contributed by atoms with Crippen LogP contribution in [0.2, 0.25) is 5.02 Å². The van der Waals surface area contributed by atoms with Crippen LogP contribution in [0.5, 0.6) is 17.2 Å². The number of nitrogens with zero attached hydrogens (tertiary/aromatic N) is 3. The Balaban J connectivity index is 0.00000231. The van der Waals surface area contributed by atoms with Crippen LogP contribution in [0.4, 0.5) is 17.2 Å². The number of rotatable bonds is 10. The van der Waals surface area contributed by atoms with E-state index in [-0.39, 0.29) is 31.4 Å². The minimum absolute atomic E-state index is 0. The van der Waals surface area contributed by atoms with E-state index in [0.717, 1.165) is 11.0 Å². The maximum Gasteiger partial charge on any atom is 0.341 e. The third-order valence-electron chi connectivity index (χ3n) is 5.82. The first-order valence-electron chi connectivity index (χ1n) is 12.3. The van der Waals surface area contributed by atoms with Gasteiger partial charge in [-0.25, -0.2) is 14.8 Å². The topological polar surface area (TPSA) is 114 Å². The third-order valence-corrected chi connectivity index (χ3v) is 6.21. The van der Waals surface area contributed by atoms with Gasteiger partial charge in [0.2, 0.25) is 0 Å². The fourth-order valence-electron chi connectivity index (χ4n) is 4.05. The average molecular weight is 617 g/mol. The number of carbonyl (C=O) groups is 1. The molecule has 41 heavy (non-hydrogen) atoms. The number of benzene rings is 3. The Morgan fingerprint density at radius 3 is 2.59 bits per heavy atom. The van der Waals surface area contributed by atoms with E-state index in [2.05, 4.69) is 15.3 Å². The number of nitrogens with one attached hydrogen (secondary N) is 1. The van der Waals surface area contributed by atoms with Crippen molar-refractivity contribution in [1.82, 2.24) is 14.5 Å². The zero-order valence-electron chi connectivity index (χ0n) is 22.0. The minimum atomic E-state index is -0.418. The summed E-state index contributed by atoms with van der Waals surface area (Å²) in [6.07, 6.45) is 3.40. The Morgan fingerprint density at radius 1 is 1.00 bits per heavy atom. The van der Waals surface area contributed by atoms with Crippen LogP contribution in [0.25, 0.3) is 11.0 Å². The van der Waals surface area contributed by atoms with Gasteiger partial charge in [0.15, 0.2) is 5.82 Å². The number of halogens is 3. The molecule has 0 saturated carbocycles. The van der Waals surface area contributed by atoms with Crippen LogP contribution in [0, 0.1) is 0 Å². The Morgan fingerprint density at radius 2 is 1.78 bits per heavy atom. The van der Waals surface area contributed by atoms with E-state index in [0.29, 0.717) is 58.2 Å². The van der Waals surface area contributed by atoms with Crippen molar-refractivity contribution >= 4 is 70.6 Å². The third kappa shape index (κ3) is 7.32. The SMILES string of the molecule is CCOC(=O)c1ccccc1OCCn1ccc2ncnc(Nc3cccc(Oc4cccc(N)c4)c3Cl)c21.Cl.Cl. The van der Waals surface area contributed by atoms with Gasteiger partial charge >= 0.3 is 5.97 Å². The van der Waals surface area contributed by atoms with Gasteiger partial charge in [-0.15, -0.1) is 24.8 Å². The molecule has 9 nitrogen and oxygen atoms in total. The van der Waals surface area contributed by atoms with Crippen molar-refractivity contribution in [3.63, 3.8) is 0 Å². The van der Waals surface area contributed by atoms with Gasteiger partial charge in [-0.1, -0.05) is 35.9 Å². The lowest BCUT2D eigenvalue weighted by atomic mass is 10.2. The van der Waals surface area contributed by atoms with Gasteiger partial charge in [-0.05, 0) is 49.4 Å². The summed E-state index contributed by atoms with van der Waals surface area (Å²) in [6.45, 7) is 2.84. The van der Waals surface area contributed by atoms with Gasteiger partial charge in [-0.3, -0.25) is 0 Å². The number of carbonyl (C=O) groups excluding carboxylic acids is 1. The number of fused-ring (bicyclic) bond motifs is 1. The second-order valence-electron chi connectivity index (χ2n) is 8.45. The molecule has 0 radical (unpaired) electrons. The van der Waals surface area contributed by atoms with E-state index in [1.54, 1.807) is 49.4 Å². The monoisotopic (exact) mass is 615 g/mol. The summed E-state index contributed by atoms with van der Waals surface area (Å²) in [4.78, 5) is 21.1. The van der Waals surface area contributed by atoms with Gasteiger partial charge < -0.3 is 29.8 Å². The molecule has 0 fully saturated rings. The molecule has 0 unspecified atom stereocenters. The van der Waals surface area contributed by atoms with E-state index in [9.17, 15) is 4.79 Å². The molecular formula is C29H28Cl3N5O4. The first-order valence-corrected chi connectivity index (χ1v) is 12.7. The zero-order chi connectivity index (χ0) is 27.2. The van der Waals surface area contributed by atoms with Crippen LogP contribution in [0.3, 0.4) is 0 Å². The smallest absolute Gasteiger partial charge is 0.341 e. The van der Waals surface area contributed by atoms with Crippen molar-refractivity contribution in [2.24, 2.45) is 0 Å². The van der Waals surface area contributed by atoms with Gasteiger partial charge in [-0.2, -0.15) is 0 Å². The molecule has 2 aromatic heterocycles. The van der Waals surface area contributed by atoms with Crippen LogP contribution in [-0.4, -0.2) is 33.7 Å². The second kappa shape index (κ2) is 14.5. The van der Waals surface area contributed by atoms with Crippen molar-refractivity contribution in [3.05, 3.63) is 95.9 Å². The van der Waals surface area contributed by atoms with Gasteiger partial charge in [0.1, 0.15) is 46.3 Å². The largest absolute Gasteiger partial charge is 0.491 e. The van der Waals surface area contributed by atoms with Crippen LogP contribution in [0.15, 0.2) is 85.3 Å². The lowest BCUT2D eigenvalue weighted by molar-refractivity contribution is 0.0521. The Labute approximate surface area is 254 Å². The van der Waals surface area contributed by atoms with E-state index >= 15 is 0 Å². The van der Waals surface area contributed by atoms with Crippen LogP contribution < -0.4 is 20.5 Å². The van der Waals surface area contributed by atoms with Crippen LogP contribution in [0.1, 0.15) is 17.3 Å². The zero-order valence-corrected chi connectivity index (χ0v) is 24.3. The Hall–Kier alpha value is -4.18. The minimum Gasteiger partial charge on any atom is -0.491 e. The molecule has 0 atom stereocenters. The molecule has 12 heteroatoms. The second-order valence-corrected chi connectivity index (χ2v) is 8.83. The number of nitrogen functional groups attached to an aromatic ring is 1. The molecule has 0 aliphatic heterocycles. The fraction of sp³-hybridized carbons (Fsp3) is 0.138. The molecule has 5 rings (SSSR count). The molecule has 0 saturated heterocycles. The Bertz CT molecular complexity index is 1630. The highest BCUT2D eigenvalue weighted by molar-refractivity contribution is 6.34. The van der Waals surface area contributed by atoms with Crippen molar-refractivity contribution in [2.75, 3.05) is 24.3 Å². The van der Waals surface area contributed by atoms with Crippen molar-refractivity contribution in [1.29, 1.82) is 0 Å². The number of ether oxygens (including phenoxy) is 3. The maximum atomic E-state index is 12.3. The number of hydrogen-bond acceptors (Lipinski definition) is 8. The van der Waals surface area contributed by atoms with Gasteiger partial charge in [0.05, 0.1) is 24.4 Å². The first kappa shape index (κ1) is 31.3. The molecule has 3 N–H and O–H groups in total. The number of anilines is 3. The maximum absolute atomic E-state index is 12.3. The molecule has 0 spiro atoms. The molecule has 214 valence electrons. The summed E-state index contributed by atoms with van der Waals surface area (Å²) in [5, 5.41) is 3.71. The summed E-state index contributed by atoms with van der Waals surface area (Å²) in [5.74, 6) is 1.67. The summed E-state index contributed by atoms with van der Waals surface area (Å²) < 4.78 is 19.0. The molecular weight excluding hydrogens is 589 g/mol. The molecule has 0 amide bonds. The quantitative estimate of drug-likeness (QED) is 0.124. The summed E-state index contributed by atoms with van der Waals surface area (Å²) in [5.41, 5.74) is 8.99. The molecule has 0 aliphatic carbocycles. The number of esters is 1. The average Bonchev–Trinajstić information content (AvgIpc) is 3.35. The first-order chi connectivity index (χ1) is 19.0. The summed E-state index contributed by atoms with van der Waals surface area (Å²) in [6, 6.07) is 21.5. The van der Waals surface area contributed by atoms with E-state index < -0.39 is 5.97 Å². The predicted molar refractivity (Wildman–Crippen MR) is 166 cm³/mol. The number of nitrogens with two attached hydrogens (primary N) is 1. The number of aromatic nitrogens is 3. The van der Waals surface area contributed by atoms with Gasteiger partial charge in [0, 0.05) is 18.0 Å². The molecule has 2 heterocycles. The van der Waals surface area contributed by atoms with E-state index in [1.807, 2.05) is 41.1 Å².